The van der Waals surface area contributed by atoms with E-state index in [-0.39, 0.29) is 5.95 Å². The largest absolute Gasteiger partial charge is 0.464 e. The second-order valence-corrected chi connectivity index (χ2v) is 2.54. The molecule has 0 aliphatic heterocycles. The van der Waals surface area contributed by atoms with Crippen molar-refractivity contribution in [3.8, 4) is 0 Å². The summed E-state index contributed by atoms with van der Waals surface area (Å²) < 4.78 is 0.986. The van der Waals surface area contributed by atoms with E-state index in [9.17, 15) is 4.79 Å². The molecule has 1 amide bonds. The fourth-order valence-electron chi connectivity index (χ4n) is 0.641. The molecule has 0 aliphatic rings. The summed E-state index contributed by atoms with van der Waals surface area (Å²) in [5.74, 6) is 0.178. The summed E-state index contributed by atoms with van der Waals surface area (Å²) in [5, 5.41) is 8.65. The lowest BCUT2D eigenvalue weighted by Crippen LogP contribution is -2.22. The monoisotopic (exact) mass is 185 g/mol. The molecule has 6 heteroatoms. The normalized spacial score (nSPS) is 9.42. The van der Waals surface area contributed by atoms with Crippen molar-refractivity contribution in [3.63, 3.8) is 0 Å². The van der Waals surface area contributed by atoms with Crippen molar-refractivity contribution < 1.29 is 9.90 Å². The Kier molecular flexibility index (Phi) is 2.87. The summed E-state index contributed by atoms with van der Waals surface area (Å²) in [6, 6.07) is 1.63. The second kappa shape index (κ2) is 3.91. The topological polar surface area (TPSA) is 66.3 Å². The van der Waals surface area contributed by atoms with Crippen LogP contribution in [0.2, 0.25) is 0 Å². The van der Waals surface area contributed by atoms with Crippen molar-refractivity contribution >= 4 is 24.0 Å². The number of nitrogens with zero attached hydrogens (tertiary/aromatic N) is 3. The minimum absolute atomic E-state index is 0.178. The Hall–Kier alpha value is -1.30. The van der Waals surface area contributed by atoms with E-state index in [4.69, 9.17) is 5.11 Å². The number of carbonyl (C=O) groups is 1. The highest BCUT2D eigenvalue weighted by molar-refractivity contribution is 8.00. The SMILES string of the molecule is CSN(C(=O)O)c1ncccn1. The van der Waals surface area contributed by atoms with Gasteiger partial charge in [-0.15, -0.1) is 0 Å². The van der Waals surface area contributed by atoms with Gasteiger partial charge in [0.2, 0.25) is 5.95 Å². The predicted molar refractivity (Wildman–Crippen MR) is 46.1 cm³/mol. The Morgan fingerprint density at radius 1 is 1.58 bits per heavy atom. The molecule has 0 radical (unpaired) electrons. The van der Waals surface area contributed by atoms with Crippen molar-refractivity contribution in [2.75, 3.05) is 10.6 Å². The standard InChI is InChI=1S/C6H7N3O2S/c1-12-9(6(10)11)5-7-3-2-4-8-5/h2-4H,1H3,(H,10,11). The lowest BCUT2D eigenvalue weighted by Gasteiger charge is -2.11. The third kappa shape index (κ3) is 1.85. The first-order valence-electron chi connectivity index (χ1n) is 3.10. The zero-order valence-electron chi connectivity index (χ0n) is 6.34. The number of aromatic nitrogens is 2. The average Bonchev–Trinajstić information content (AvgIpc) is 2.07. The zero-order chi connectivity index (χ0) is 8.97. The van der Waals surface area contributed by atoms with Crippen LogP contribution in [0, 0.1) is 0 Å². The molecule has 12 heavy (non-hydrogen) atoms. The third-order valence-corrected chi connectivity index (χ3v) is 1.77. The van der Waals surface area contributed by atoms with Crippen molar-refractivity contribution in [1.82, 2.24) is 9.97 Å². The summed E-state index contributed by atoms with van der Waals surface area (Å²) >= 11 is 1.04. The molecule has 1 aromatic rings. The Labute approximate surface area is 73.6 Å². The minimum atomic E-state index is -1.08. The van der Waals surface area contributed by atoms with Crippen LogP contribution in [-0.4, -0.2) is 27.4 Å². The fourth-order valence-corrected chi connectivity index (χ4v) is 1.06. The first kappa shape index (κ1) is 8.79. The van der Waals surface area contributed by atoms with Gasteiger partial charge in [0.25, 0.3) is 0 Å². The van der Waals surface area contributed by atoms with Gasteiger partial charge < -0.3 is 5.11 Å². The van der Waals surface area contributed by atoms with Gasteiger partial charge in [-0.2, -0.15) is 4.31 Å². The molecule has 0 unspecified atom stereocenters. The quantitative estimate of drug-likeness (QED) is 0.702. The van der Waals surface area contributed by atoms with Gasteiger partial charge in [0.1, 0.15) is 0 Å². The molecule has 1 N–H and O–H groups in total. The first-order chi connectivity index (χ1) is 5.75. The summed E-state index contributed by atoms with van der Waals surface area (Å²) in [6.45, 7) is 0. The van der Waals surface area contributed by atoms with Crippen molar-refractivity contribution in [3.05, 3.63) is 18.5 Å². The smallest absolute Gasteiger partial charge is 0.424 e. The maximum absolute atomic E-state index is 10.6. The molecule has 0 fully saturated rings. The van der Waals surface area contributed by atoms with Gasteiger partial charge in [0.05, 0.1) is 0 Å². The minimum Gasteiger partial charge on any atom is -0.464 e. The third-order valence-electron chi connectivity index (χ3n) is 1.09. The van der Waals surface area contributed by atoms with Gasteiger partial charge in [-0.3, -0.25) is 0 Å². The van der Waals surface area contributed by atoms with E-state index in [1.54, 1.807) is 12.3 Å². The summed E-state index contributed by atoms with van der Waals surface area (Å²) in [6.07, 6.45) is 3.56. The van der Waals surface area contributed by atoms with E-state index in [2.05, 4.69) is 9.97 Å². The molecule has 0 saturated heterocycles. The van der Waals surface area contributed by atoms with Gasteiger partial charge in [0.15, 0.2) is 0 Å². The van der Waals surface area contributed by atoms with Crippen LogP contribution in [0.15, 0.2) is 18.5 Å². The number of hydrogen-bond acceptors (Lipinski definition) is 4. The highest BCUT2D eigenvalue weighted by atomic mass is 32.2. The zero-order valence-corrected chi connectivity index (χ0v) is 7.15. The van der Waals surface area contributed by atoms with Crippen LogP contribution in [0.4, 0.5) is 10.7 Å². The Morgan fingerprint density at radius 2 is 2.17 bits per heavy atom. The number of hydrogen-bond donors (Lipinski definition) is 1. The maximum atomic E-state index is 10.6. The van der Waals surface area contributed by atoms with Crippen LogP contribution in [0.5, 0.6) is 0 Å². The van der Waals surface area contributed by atoms with Crippen LogP contribution >= 0.6 is 11.9 Å². The van der Waals surface area contributed by atoms with Crippen molar-refractivity contribution in [1.29, 1.82) is 0 Å². The highest BCUT2D eigenvalue weighted by Crippen LogP contribution is 2.13. The van der Waals surface area contributed by atoms with Crippen molar-refractivity contribution in [2.24, 2.45) is 0 Å². The summed E-state index contributed by atoms with van der Waals surface area (Å²) in [5.41, 5.74) is 0. The molecule has 0 atom stereocenters. The Balaban J connectivity index is 2.88. The van der Waals surface area contributed by atoms with E-state index >= 15 is 0 Å². The van der Waals surface area contributed by atoms with Crippen LogP contribution in [0.1, 0.15) is 0 Å². The van der Waals surface area contributed by atoms with Gasteiger partial charge in [-0.25, -0.2) is 14.8 Å². The Bertz CT molecular complexity index is 267. The van der Waals surface area contributed by atoms with E-state index in [1.165, 1.54) is 12.4 Å². The van der Waals surface area contributed by atoms with Crippen LogP contribution in [0.3, 0.4) is 0 Å². The second-order valence-electron chi connectivity index (χ2n) is 1.81. The molecule has 0 aromatic carbocycles. The molecule has 0 aliphatic carbocycles. The van der Waals surface area contributed by atoms with Crippen LogP contribution < -0.4 is 4.31 Å². The van der Waals surface area contributed by atoms with Crippen LogP contribution in [0.25, 0.3) is 0 Å². The maximum Gasteiger partial charge on any atom is 0.424 e. The number of carboxylic acid groups (broad SMARTS) is 1. The predicted octanol–water partition coefficient (Wildman–Crippen LogP) is 1.24. The van der Waals surface area contributed by atoms with Gasteiger partial charge in [-0.05, 0) is 18.0 Å². The summed E-state index contributed by atoms with van der Waals surface area (Å²) in [4.78, 5) is 18.1. The van der Waals surface area contributed by atoms with Gasteiger partial charge in [0, 0.05) is 18.6 Å². The first-order valence-corrected chi connectivity index (χ1v) is 4.28. The van der Waals surface area contributed by atoms with Gasteiger partial charge in [-0.1, -0.05) is 0 Å². The molecular weight excluding hydrogens is 178 g/mol. The molecule has 5 nitrogen and oxygen atoms in total. The molecule has 1 heterocycles. The van der Waals surface area contributed by atoms with Crippen molar-refractivity contribution in [2.45, 2.75) is 0 Å². The van der Waals surface area contributed by atoms with E-state index in [1.807, 2.05) is 0 Å². The lowest BCUT2D eigenvalue weighted by molar-refractivity contribution is 0.206. The average molecular weight is 185 g/mol. The fraction of sp³-hybridized carbons (Fsp3) is 0.167. The number of anilines is 1. The number of amides is 1. The van der Waals surface area contributed by atoms with Crippen LogP contribution in [-0.2, 0) is 0 Å². The molecule has 64 valence electrons. The highest BCUT2D eigenvalue weighted by Gasteiger charge is 2.14. The molecule has 0 spiro atoms. The lowest BCUT2D eigenvalue weighted by atomic mass is 10.7. The molecule has 0 saturated carbocycles. The number of rotatable bonds is 2. The van der Waals surface area contributed by atoms with Gasteiger partial charge >= 0.3 is 6.09 Å². The molecular formula is C6H7N3O2S. The molecule has 1 aromatic heterocycles. The molecule has 0 bridgehead atoms. The summed E-state index contributed by atoms with van der Waals surface area (Å²) in [7, 11) is 0. The van der Waals surface area contributed by atoms with E-state index < -0.39 is 6.09 Å². The van der Waals surface area contributed by atoms with E-state index in [0.29, 0.717) is 0 Å². The molecule has 1 rings (SSSR count). The Morgan fingerprint density at radius 3 is 2.58 bits per heavy atom. The van der Waals surface area contributed by atoms with E-state index in [0.717, 1.165) is 16.3 Å².